The molecule has 0 bridgehead atoms. The summed E-state index contributed by atoms with van der Waals surface area (Å²) in [6.45, 7) is 1.83. The molecule has 0 fully saturated rings. The minimum absolute atomic E-state index is 0. The van der Waals surface area contributed by atoms with E-state index in [4.69, 9.17) is 22.4 Å². The van der Waals surface area contributed by atoms with Gasteiger partial charge in [0.1, 0.15) is 5.75 Å². The molecule has 0 aliphatic heterocycles. The molecule has 0 aliphatic carbocycles. The SMILES string of the molecule is Cc1ccc(O)c(N)c1Cl.Cl. The first-order valence-electron chi connectivity index (χ1n) is 2.86. The lowest BCUT2D eigenvalue weighted by atomic mass is 10.2. The number of nitrogen functional groups attached to an aromatic ring is 1. The fourth-order valence-electron chi connectivity index (χ4n) is 0.692. The van der Waals surface area contributed by atoms with E-state index in [0.29, 0.717) is 5.02 Å². The highest BCUT2D eigenvalue weighted by molar-refractivity contribution is 6.34. The van der Waals surface area contributed by atoms with Gasteiger partial charge in [0.2, 0.25) is 0 Å². The Hall–Kier alpha value is -0.600. The van der Waals surface area contributed by atoms with Crippen LogP contribution in [0.3, 0.4) is 0 Å². The molecule has 0 spiro atoms. The van der Waals surface area contributed by atoms with Crippen molar-refractivity contribution in [2.24, 2.45) is 0 Å². The largest absolute Gasteiger partial charge is 0.506 e. The number of aromatic hydroxyl groups is 1. The van der Waals surface area contributed by atoms with Gasteiger partial charge in [-0.15, -0.1) is 12.4 Å². The number of hydrogen-bond acceptors (Lipinski definition) is 2. The Morgan fingerprint density at radius 3 is 2.45 bits per heavy atom. The maximum atomic E-state index is 9.02. The molecule has 0 aromatic heterocycles. The summed E-state index contributed by atoms with van der Waals surface area (Å²) in [4.78, 5) is 0. The molecule has 0 amide bonds. The summed E-state index contributed by atoms with van der Waals surface area (Å²) in [6, 6.07) is 3.24. The van der Waals surface area contributed by atoms with Gasteiger partial charge in [-0.3, -0.25) is 0 Å². The molecule has 62 valence electrons. The van der Waals surface area contributed by atoms with Gasteiger partial charge in [-0.05, 0) is 18.6 Å². The van der Waals surface area contributed by atoms with Gasteiger partial charge in [-0.2, -0.15) is 0 Å². The lowest BCUT2D eigenvalue weighted by Gasteiger charge is -2.02. The molecule has 1 rings (SSSR count). The molecule has 0 unspecified atom stereocenters. The van der Waals surface area contributed by atoms with E-state index in [1.54, 1.807) is 6.07 Å². The van der Waals surface area contributed by atoms with Crippen molar-refractivity contribution in [2.75, 3.05) is 5.73 Å². The zero-order valence-electron chi connectivity index (χ0n) is 5.97. The Bertz CT molecular complexity index is 236. The van der Waals surface area contributed by atoms with Crippen LogP contribution in [0.25, 0.3) is 0 Å². The van der Waals surface area contributed by atoms with E-state index in [2.05, 4.69) is 0 Å². The van der Waals surface area contributed by atoms with Gasteiger partial charge in [-0.1, -0.05) is 17.7 Å². The van der Waals surface area contributed by atoms with Crippen LogP contribution in [0.4, 0.5) is 5.69 Å². The van der Waals surface area contributed by atoms with Crippen molar-refractivity contribution in [3.05, 3.63) is 22.7 Å². The molecule has 0 radical (unpaired) electrons. The number of phenols is 1. The molecule has 0 aliphatic rings. The minimum Gasteiger partial charge on any atom is -0.506 e. The van der Waals surface area contributed by atoms with Crippen molar-refractivity contribution in [1.29, 1.82) is 0 Å². The van der Waals surface area contributed by atoms with Crippen molar-refractivity contribution >= 4 is 29.7 Å². The zero-order valence-corrected chi connectivity index (χ0v) is 7.54. The highest BCUT2D eigenvalue weighted by atomic mass is 35.5. The second kappa shape index (κ2) is 3.69. The third-order valence-corrected chi connectivity index (χ3v) is 1.85. The zero-order chi connectivity index (χ0) is 7.72. The Morgan fingerprint density at radius 1 is 1.45 bits per heavy atom. The first-order valence-corrected chi connectivity index (χ1v) is 3.24. The number of phenolic OH excluding ortho intramolecular Hbond substituents is 1. The van der Waals surface area contributed by atoms with Crippen molar-refractivity contribution < 1.29 is 5.11 Å². The van der Waals surface area contributed by atoms with Gasteiger partial charge in [-0.25, -0.2) is 0 Å². The van der Waals surface area contributed by atoms with Gasteiger partial charge >= 0.3 is 0 Å². The second-order valence-electron chi connectivity index (χ2n) is 2.13. The van der Waals surface area contributed by atoms with Gasteiger partial charge in [0.15, 0.2) is 0 Å². The van der Waals surface area contributed by atoms with Gasteiger partial charge in [0, 0.05) is 0 Å². The van der Waals surface area contributed by atoms with E-state index in [1.165, 1.54) is 6.07 Å². The van der Waals surface area contributed by atoms with E-state index >= 15 is 0 Å². The average Bonchev–Trinajstić information content (AvgIpc) is 1.93. The normalized spacial score (nSPS) is 8.91. The van der Waals surface area contributed by atoms with Gasteiger partial charge < -0.3 is 10.8 Å². The highest BCUT2D eigenvalue weighted by Crippen LogP contribution is 2.30. The third-order valence-electron chi connectivity index (χ3n) is 1.35. The summed E-state index contributed by atoms with van der Waals surface area (Å²) in [5, 5.41) is 9.45. The van der Waals surface area contributed by atoms with Crippen LogP contribution in [-0.2, 0) is 0 Å². The summed E-state index contributed by atoms with van der Waals surface area (Å²) in [6.07, 6.45) is 0. The van der Waals surface area contributed by atoms with E-state index in [-0.39, 0.29) is 23.8 Å². The Labute approximate surface area is 76.4 Å². The Morgan fingerprint density at radius 2 is 2.00 bits per heavy atom. The van der Waals surface area contributed by atoms with Crippen LogP contribution in [-0.4, -0.2) is 5.11 Å². The summed E-state index contributed by atoms with van der Waals surface area (Å²) in [5.41, 5.74) is 6.52. The number of hydrogen-bond donors (Lipinski definition) is 2. The maximum Gasteiger partial charge on any atom is 0.140 e. The molecule has 3 N–H and O–H groups in total. The fourth-order valence-corrected chi connectivity index (χ4v) is 0.852. The predicted molar refractivity (Wildman–Crippen MR) is 49.5 cm³/mol. The van der Waals surface area contributed by atoms with Crippen LogP contribution in [0.15, 0.2) is 12.1 Å². The number of halogens is 2. The standard InChI is InChI=1S/C7H8ClNO.ClH/c1-4-2-3-5(10)7(9)6(4)8;/h2-3,10H,9H2,1H3;1H. The number of aryl methyl sites for hydroxylation is 1. The third kappa shape index (κ3) is 1.91. The minimum atomic E-state index is 0. The lowest BCUT2D eigenvalue weighted by molar-refractivity contribution is 0.478. The smallest absolute Gasteiger partial charge is 0.140 e. The van der Waals surface area contributed by atoms with Crippen molar-refractivity contribution in [3.63, 3.8) is 0 Å². The molecule has 0 heterocycles. The fraction of sp³-hybridized carbons (Fsp3) is 0.143. The summed E-state index contributed by atoms with van der Waals surface area (Å²) >= 11 is 5.70. The molecule has 4 heteroatoms. The summed E-state index contributed by atoms with van der Waals surface area (Å²) < 4.78 is 0. The monoisotopic (exact) mass is 193 g/mol. The van der Waals surface area contributed by atoms with Gasteiger partial charge in [0.25, 0.3) is 0 Å². The number of benzene rings is 1. The van der Waals surface area contributed by atoms with Crippen LogP contribution >= 0.6 is 24.0 Å². The number of nitrogens with two attached hydrogens (primary N) is 1. The number of anilines is 1. The maximum absolute atomic E-state index is 9.02. The second-order valence-corrected chi connectivity index (χ2v) is 2.51. The molecule has 0 saturated carbocycles. The van der Waals surface area contributed by atoms with Crippen LogP contribution in [0, 0.1) is 6.92 Å². The van der Waals surface area contributed by atoms with E-state index in [1.807, 2.05) is 6.92 Å². The number of rotatable bonds is 0. The average molecular weight is 194 g/mol. The quantitative estimate of drug-likeness (QED) is 0.491. The Kier molecular flexibility index (Phi) is 3.49. The van der Waals surface area contributed by atoms with E-state index in [9.17, 15) is 0 Å². The molecule has 0 atom stereocenters. The molecule has 2 nitrogen and oxygen atoms in total. The van der Waals surface area contributed by atoms with Crippen LogP contribution in [0.2, 0.25) is 5.02 Å². The highest BCUT2D eigenvalue weighted by Gasteiger charge is 2.03. The first-order chi connectivity index (χ1) is 4.63. The predicted octanol–water partition coefficient (Wildman–Crippen LogP) is 2.36. The molecular weight excluding hydrogens is 185 g/mol. The van der Waals surface area contributed by atoms with Crippen molar-refractivity contribution in [1.82, 2.24) is 0 Å². The molecule has 1 aromatic carbocycles. The van der Waals surface area contributed by atoms with Crippen molar-refractivity contribution in [3.8, 4) is 5.75 Å². The van der Waals surface area contributed by atoms with Gasteiger partial charge in [0.05, 0.1) is 10.7 Å². The topological polar surface area (TPSA) is 46.2 Å². The summed E-state index contributed by atoms with van der Waals surface area (Å²) in [7, 11) is 0. The van der Waals surface area contributed by atoms with E-state index in [0.717, 1.165) is 5.56 Å². The van der Waals surface area contributed by atoms with Crippen LogP contribution < -0.4 is 5.73 Å². The van der Waals surface area contributed by atoms with Crippen LogP contribution in [0.5, 0.6) is 5.75 Å². The first kappa shape index (κ1) is 10.4. The van der Waals surface area contributed by atoms with E-state index < -0.39 is 0 Å². The molecule has 11 heavy (non-hydrogen) atoms. The molecule has 1 aromatic rings. The van der Waals surface area contributed by atoms with Crippen molar-refractivity contribution in [2.45, 2.75) is 6.92 Å². The van der Waals surface area contributed by atoms with Crippen LogP contribution in [0.1, 0.15) is 5.56 Å². The lowest BCUT2D eigenvalue weighted by Crippen LogP contribution is -1.88. The summed E-state index contributed by atoms with van der Waals surface area (Å²) in [5.74, 6) is 0.0376. The molecule has 0 saturated heterocycles. The Balaban J connectivity index is 0.000001000. The molecular formula is C7H9Cl2NO.